The van der Waals surface area contributed by atoms with Crippen molar-refractivity contribution in [3.63, 3.8) is 0 Å². The third kappa shape index (κ3) is 5.33. The van der Waals surface area contributed by atoms with Gasteiger partial charge in [-0.15, -0.1) is 5.10 Å². The molecule has 4 heterocycles. The molecule has 3 saturated heterocycles. The van der Waals surface area contributed by atoms with Gasteiger partial charge in [0, 0.05) is 43.7 Å². The zero-order chi connectivity index (χ0) is 29.8. The number of benzene rings is 2. The Morgan fingerprint density at radius 2 is 1.84 bits per heavy atom. The molecule has 2 unspecified atom stereocenters. The Balaban J connectivity index is 1.10. The topological polar surface area (TPSA) is 76.4 Å². The van der Waals surface area contributed by atoms with Gasteiger partial charge in [-0.25, -0.2) is 17.9 Å². The van der Waals surface area contributed by atoms with Gasteiger partial charge >= 0.3 is 0 Å². The number of nitrogens with zero attached hydrogens (tertiary/aromatic N) is 6. The maximum absolute atomic E-state index is 15.1. The Labute approximate surface area is 253 Å². The molecule has 3 aliphatic heterocycles. The molecular weight excluding hydrogens is 581 g/mol. The van der Waals surface area contributed by atoms with E-state index in [9.17, 15) is 13.6 Å². The molecule has 2 aromatic carbocycles. The van der Waals surface area contributed by atoms with Crippen LogP contribution in [0.2, 0.25) is 5.02 Å². The van der Waals surface area contributed by atoms with Crippen molar-refractivity contribution < 1.29 is 22.7 Å². The Kier molecular flexibility index (Phi) is 7.67. The first-order chi connectivity index (χ1) is 20.8. The number of fused-ring (bicyclic) bond motifs is 2. The van der Waals surface area contributed by atoms with Gasteiger partial charge in [0.15, 0.2) is 0 Å². The number of hydrogen-bond donors (Lipinski definition) is 0. The van der Waals surface area contributed by atoms with Gasteiger partial charge in [-0.1, -0.05) is 17.7 Å². The summed E-state index contributed by atoms with van der Waals surface area (Å²) < 4.78 is 50.9. The molecule has 43 heavy (non-hydrogen) atoms. The second-order valence-electron chi connectivity index (χ2n) is 12.5. The van der Waals surface area contributed by atoms with Crippen LogP contribution in [0.3, 0.4) is 0 Å². The fourth-order valence-corrected chi connectivity index (χ4v) is 8.18. The quantitative estimate of drug-likeness (QED) is 0.385. The average Bonchev–Trinajstić information content (AvgIpc) is 3.83. The van der Waals surface area contributed by atoms with E-state index in [-0.39, 0.29) is 41.0 Å². The molecule has 4 fully saturated rings. The molecule has 8 nitrogen and oxygen atoms in total. The number of carbonyl (C=O) groups is 1. The van der Waals surface area contributed by atoms with Crippen molar-refractivity contribution in [2.75, 3.05) is 26.2 Å². The number of ether oxygens (including phenoxy) is 1. The normalized spacial score (nSPS) is 28.6. The summed E-state index contributed by atoms with van der Waals surface area (Å²) in [5.41, 5.74) is 2.10. The van der Waals surface area contributed by atoms with E-state index in [1.54, 1.807) is 10.7 Å². The fraction of sp³-hybridized carbons (Fsp3) is 0.548. The maximum atomic E-state index is 15.1. The molecule has 1 aliphatic carbocycles. The minimum absolute atomic E-state index is 0.0229. The largest absolute Gasteiger partial charge is 0.375 e. The van der Waals surface area contributed by atoms with E-state index >= 15 is 4.39 Å². The summed E-state index contributed by atoms with van der Waals surface area (Å²) in [7, 11) is 0. The number of aromatic nitrogens is 4. The smallest absolute Gasteiger partial charge is 0.226 e. The molecule has 1 amide bonds. The van der Waals surface area contributed by atoms with Crippen molar-refractivity contribution in [3.8, 4) is 0 Å². The van der Waals surface area contributed by atoms with Crippen LogP contribution in [0.1, 0.15) is 73.6 Å². The number of morpholine rings is 1. The molecule has 6 atom stereocenters. The van der Waals surface area contributed by atoms with Crippen LogP contribution < -0.4 is 0 Å². The minimum atomic E-state index is -0.621. The maximum Gasteiger partial charge on any atom is 0.226 e. The fourth-order valence-electron chi connectivity index (χ4n) is 8.00. The van der Waals surface area contributed by atoms with Crippen LogP contribution in [-0.2, 0) is 9.53 Å². The van der Waals surface area contributed by atoms with Crippen LogP contribution in [-0.4, -0.2) is 80.3 Å². The number of tetrazole rings is 1. The molecule has 7 rings (SSSR count). The van der Waals surface area contributed by atoms with Crippen LogP contribution >= 0.6 is 11.6 Å². The second-order valence-corrected chi connectivity index (χ2v) is 12.9. The molecule has 1 aromatic heterocycles. The van der Waals surface area contributed by atoms with Crippen molar-refractivity contribution in [1.82, 2.24) is 30.0 Å². The molecule has 0 radical (unpaired) electrons. The summed E-state index contributed by atoms with van der Waals surface area (Å²) in [6, 6.07) is 7.05. The Morgan fingerprint density at radius 3 is 2.51 bits per heavy atom. The Hall–Kier alpha value is -3.02. The minimum Gasteiger partial charge on any atom is -0.375 e. The summed E-state index contributed by atoms with van der Waals surface area (Å²) in [6.45, 7) is 4.50. The van der Waals surface area contributed by atoms with Gasteiger partial charge in [-0.05, 0) is 96.2 Å². The predicted molar refractivity (Wildman–Crippen MR) is 152 cm³/mol. The van der Waals surface area contributed by atoms with Crippen LogP contribution in [0.15, 0.2) is 36.7 Å². The SMILES string of the molecule is C[C@H](c1cc(F)c(Cl)cc1C1CCN(C(=O)[C@@H]2CC(N3CC4C[C@H]3CO4)C[C@H]2c2ccc(F)cc2F)CC1)n1cnnn1. The summed E-state index contributed by atoms with van der Waals surface area (Å²) in [5.74, 6) is -2.34. The van der Waals surface area contributed by atoms with Crippen LogP contribution in [0.5, 0.6) is 0 Å². The predicted octanol–water partition coefficient (Wildman–Crippen LogP) is 5.09. The van der Waals surface area contributed by atoms with E-state index in [0.29, 0.717) is 57.0 Å². The number of rotatable bonds is 6. The monoisotopic (exact) mass is 614 g/mol. The zero-order valence-corrected chi connectivity index (χ0v) is 24.6. The van der Waals surface area contributed by atoms with Gasteiger partial charge in [0.2, 0.25) is 5.91 Å². The van der Waals surface area contributed by atoms with Crippen molar-refractivity contribution in [1.29, 1.82) is 0 Å². The molecule has 0 N–H and O–H groups in total. The van der Waals surface area contributed by atoms with E-state index in [4.69, 9.17) is 16.3 Å². The zero-order valence-electron chi connectivity index (χ0n) is 23.9. The number of piperidine rings is 1. The van der Waals surface area contributed by atoms with Gasteiger partial charge in [-0.2, -0.15) is 0 Å². The van der Waals surface area contributed by atoms with Gasteiger partial charge in [0.05, 0.1) is 23.8 Å². The summed E-state index contributed by atoms with van der Waals surface area (Å²) in [6.07, 6.45) is 5.39. The van der Waals surface area contributed by atoms with Crippen LogP contribution in [0.25, 0.3) is 0 Å². The van der Waals surface area contributed by atoms with E-state index in [1.165, 1.54) is 24.5 Å². The highest BCUT2D eigenvalue weighted by atomic mass is 35.5. The molecule has 4 aliphatic rings. The second kappa shape index (κ2) is 11.5. The lowest BCUT2D eigenvalue weighted by molar-refractivity contribution is -0.137. The molecule has 1 saturated carbocycles. The number of amides is 1. The van der Waals surface area contributed by atoms with E-state index in [2.05, 4.69) is 20.4 Å². The summed E-state index contributed by atoms with van der Waals surface area (Å²) in [5, 5.41) is 11.5. The van der Waals surface area contributed by atoms with E-state index < -0.39 is 23.4 Å². The van der Waals surface area contributed by atoms with Crippen molar-refractivity contribution in [2.45, 2.75) is 75.1 Å². The third-order valence-corrected chi connectivity index (χ3v) is 10.5. The van der Waals surface area contributed by atoms with Crippen molar-refractivity contribution >= 4 is 17.5 Å². The van der Waals surface area contributed by atoms with Gasteiger partial charge in [0.1, 0.15) is 23.8 Å². The number of halogens is 4. The Bertz CT molecular complexity index is 1500. The molecule has 12 heteroatoms. The van der Waals surface area contributed by atoms with Gasteiger partial charge in [0.25, 0.3) is 0 Å². The molecule has 228 valence electrons. The highest BCUT2D eigenvalue weighted by Crippen LogP contribution is 2.47. The third-order valence-electron chi connectivity index (χ3n) is 10.2. The lowest BCUT2D eigenvalue weighted by atomic mass is 9.83. The van der Waals surface area contributed by atoms with Crippen molar-refractivity contribution in [2.24, 2.45) is 5.92 Å². The highest BCUT2D eigenvalue weighted by Gasteiger charge is 2.49. The standard InChI is InChI=1S/C31H34ClF3N6O2/c1-17(41-16-36-37-38-41)24-13-30(35)28(32)12-25(24)18-4-6-39(7-5-18)31(42)27-11-20(40-14-22-9-21(40)15-43-22)10-26(27)23-3-2-19(33)8-29(23)34/h2-3,8,12-13,16-18,20-22,26-27H,4-7,9-11,14-15H2,1H3/t17-,20?,21+,22?,26+,27-/m1/s1. The number of likely N-dealkylation sites (tertiary alicyclic amines) is 2. The van der Waals surface area contributed by atoms with Crippen molar-refractivity contribution in [3.05, 3.63) is 75.8 Å². The number of carbonyl (C=O) groups excluding carboxylic acids is 1. The highest BCUT2D eigenvalue weighted by molar-refractivity contribution is 6.30. The van der Waals surface area contributed by atoms with Crippen LogP contribution in [0.4, 0.5) is 13.2 Å². The first-order valence-corrected chi connectivity index (χ1v) is 15.5. The summed E-state index contributed by atoms with van der Waals surface area (Å²) >= 11 is 6.23. The van der Waals surface area contributed by atoms with Crippen LogP contribution in [0, 0.1) is 23.4 Å². The summed E-state index contributed by atoms with van der Waals surface area (Å²) in [4.78, 5) is 18.5. The molecule has 0 spiro atoms. The molecular formula is C31H34ClF3N6O2. The van der Waals surface area contributed by atoms with Gasteiger partial charge in [-0.3, -0.25) is 9.69 Å². The van der Waals surface area contributed by atoms with E-state index in [1.807, 2.05) is 11.8 Å². The first kappa shape index (κ1) is 28.7. The first-order valence-electron chi connectivity index (χ1n) is 15.1. The molecule has 3 aromatic rings. The molecule has 2 bridgehead atoms. The number of hydrogen-bond acceptors (Lipinski definition) is 6. The van der Waals surface area contributed by atoms with Gasteiger partial charge < -0.3 is 9.64 Å². The van der Waals surface area contributed by atoms with E-state index in [0.717, 1.165) is 30.2 Å². The lowest BCUT2D eigenvalue weighted by Gasteiger charge is -2.36. The lowest BCUT2D eigenvalue weighted by Crippen LogP contribution is -2.44. The average molecular weight is 615 g/mol. The Morgan fingerprint density at radius 1 is 1.02 bits per heavy atom.